The van der Waals surface area contributed by atoms with Gasteiger partial charge < -0.3 is 15.3 Å². The zero-order chi connectivity index (χ0) is 13.0. The first-order valence-electron chi connectivity index (χ1n) is 6.45. The van der Waals surface area contributed by atoms with Crippen LogP contribution in [-0.2, 0) is 4.79 Å². The number of para-hydroxylation sites is 1. The molecule has 1 saturated heterocycles. The van der Waals surface area contributed by atoms with Crippen molar-refractivity contribution in [2.45, 2.75) is 31.9 Å². The minimum Gasteiger partial charge on any atom is -0.384 e. The number of carbonyl (C=O) groups is 1. The molecule has 0 spiro atoms. The molecule has 1 aliphatic heterocycles. The van der Waals surface area contributed by atoms with Gasteiger partial charge in [-0.2, -0.15) is 0 Å². The summed E-state index contributed by atoms with van der Waals surface area (Å²) in [5, 5.41) is 12.0. The van der Waals surface area contributed by atoms with Gasteiger partial charge in [-0.25, -0.2) is 0 Å². The molecule has 4 heteroatoms. The second kappa shape index (κ2) is 5.87. The van der Waals surface area contributed by atoms with Crippen molar-refractivity contribution in [3.8, 4) is 0 Å². The third-order valence-corrected chi connectivity index (χ3v) is 3.34. The van der Waals surface area contributed by atoms with E-state index in [2.05, 4.69) is 22.3 Å². The number of anilines is 1. The molecule has 0 aromatic heterocycles. The van der Waals surface area contributed by atoms with Gasteiger partial charge in [0, 0.05) is 24.8 Å². The monoisotopic (exact) mass is 248 g/mol. The van der Waals surface area contributed by atoms with Crippen molar-refractivity contribution in [1.29, 1.82) is 0 Å². The Morgan fingerprint density at radius 2 is 1.94 bits per heavy atom. The maximum atomic E-state index is 11.4. The lowest BCUT2D eigenvalue weighted by Crippen LogP contribution is -2.47. The van der Waals surface area contributed by atoms with Crippen LogP contribution in [0.5, 0.6) is 0 Å². The van der Waals surface area contributed by atoms with Gasteiger partial charge in [0.1, 0.15) is 6.10 Å². The molecule has 1 aromatic rings. The van der Waals surface area contributed by atoms with Crippen LogP contribution in [0.25, 0.3) is 0 Å². The van der Waals surface area contributed by atoms with Crippen molar-refractivity contribution in [1.82, 2.24) is 5.32 Å². The van der Waals surface area contributed by atoms with E-state index in [4.69, 9.17) is 5.11 Å². The fourth-order valence-corrected chi connectivity index (χ4v) is 2.24. The highest BCUT2D eigenvalue weighted by Crippen LogP contribution is 2.19. The van der Waals surface area contributed by atoms with Crippen LogP contribution in [0.1, 0.15) is 19.8 Å². The first-order valence-corrected chi connectivity index (χ1v) is 6.45. The highest BCUT2D eigenvalue weighted by atomic mass is 16.3. The standard InChI is InChI=1S/C14H20N2O2/c1-11(17)14(18)15-12-7-9-16(10-8-12)13-5-3-2-4-6-13/h2-6,11-12,17H,7-10H2,1H3,(H,15,18)/t11-/m1/s1. The Hall–Kier alpha value is -1.55. The van der Waals surface area contributed by atoms with Crippen LogP contribution in [0.4, 0.5) is 5.69 Å². The second-order valence-electron chi connectivity index (χ2n) is 4.78. The normalized spacial score (nSPS) is 18.4. The van der Waals surface area contributed by atoms with E-state index in [0.717, 1.165) is 25.9 Å². The fourth-order valence-electron chi connectivity index (χ4n) is 2.24. The number of carbonyl (C=O) groups excluding carboxylic acids is 1. The van der Waals surface area contributed by atoms with Crippen molar-refractivity contribution in [3.05, 3.63) is 30.3 Å². The fraction of sp³-hybridized carbons (Fsp3) is 0.500. The lowest BCUT2D eigenvalue weighted by Gasteiger charge is -2.34. The minimum absolute atomic E-state index is 0.187. The summed E-state index contributed by atoms with van der Waals surface area (Å²) in [6.45, 7) is 3.37. The SMILES string of the molecule is C[C@@H](O)C(=O)NC1CCN(c2ccccc2)CC1. The van der Waals surface area contributed by atoms with E-state index in [0.29, 0.717) is 0 Å². The van der Waals surface area contributed by atoms with E-state index in [1.54, 1.807) is 0 Å². The van der Waals surface area contributed by atoms with Crippen LogP contribution in [0.3, 0.4) is 0 Å². The highest BCUT2D eigenvalue weighted by molar-refractivity contribution is 5.80. The molecular weight excluding hydrogens is 228 g/mol. The minimum atomic E-state index is -0.919. The molecule has 18 heavy (non-hydrogen) atoms. The van der Waals surface area contributed by atoms with Crippen molar-refractivity contribution in [2.75, 3.05) is 18.0 Å². The third-order valence-electron chi connectivity index (χ3n) is 3.34. The van der Waals surface area contributed by atoms with Crippen molar-refractivity contribution in [2.24, 2.45) is 0 Å². The molecule has 0 radical (unpaired) electrons. The molecule has 0 saturated carbocycles. The number of amides is 1. The van der Waals surface area contributed by atoms with Crippen LogP contribution in [0, 0.1) is 0 Å². The van der Waals surface area contributed by atoms with Gasteiger partial charge in [0.05, 0.1) is 0 Å². The molecule has 4 nitrogen and oxygen atoms in total. The van der Waals surface area contributed by atoms with Gasteiger partial charge in [-0.3, -0.25) is 4.79 Å². The number of hydrogen-bond donors (Lipinski definition) is 2. The number of piperidine rings is 1. The van der Waals surface area contributed by atoms with E-state index in [9.17, 15) is 4.79 Å². The average molecular weight is 248 g/mol. The number of nitrogens with one attached hydrogen (secondary N) is 1. The molecule has 1 fully saturated rings. The van der Waals surface area contributed by atoms with Gasteiger partial charge in [0.25, 0.3) is 0 Å². The van der Waals surface area contributed by atoms with Gasteiger partial charge in [-0.15, -0.1) is 0 Å². The van der Waals surface area contributed by atoms with Crippen molar-refractivity contribution >= 4 is 11.6 Å². The molecule has 0 unspecified atom stereocenters. The Morgan fingerprint density at radius 1 is 1.33 bits per heavy atom. The van der Waals surface area contributed by atoms with Gasteiger partial charge in [-0.05, 0) is 31.9 Å². The van der Waals surface area contributed by atoms with Crippen LogP contribution in [0.2, 0.25) is 0 Å². The Labute approximate surface area is 108 Å². The summed E-state index contributed by atoms with van der Waals surface area (Å²) in [4.78, 5) is 13.7. The lowest BCUT2D eigenvalue weighted by atomic mass is 10.0. The number of hydrogen-bond acceptors (Lipinski definition) is 3. The van der Waals surface area contributed by atoms with E-state index in [-0.39, 0.29) is 11.9 Å². The van der Waals surface area contributed by atoms with Crippen LogP contribution < -0.4 is 10.2 Å². The predicted molar refractivity (Wildman–Crippen MR) is 71.5 cm³/mol. The number of nitrogens with zero attached hydrogens (tertiary/aromatic N) is 1. The smallest absolute Gasteiger partial charge is 0.248 e. The highest BCUT2D eigenvalue weighted by Gasteiger charge is 2.21. The Kier molecular flexibility index (Phi) is 4.20. The molecule has 2 rings (SSSR count). The first kappa shape index (κ1) is 12.9. The summed E-state index contributed by atoms with van der Waals surface area (Å²) in [7, 11) is 0. The molecule has 98 valence electrons. The molecule has 0 aliphatic carbocycles. The van der Waals surface area contributed by atoms with Crippen LogP contribution >= 0.6 is 0 Å². The van der Waals surface area contributed by atoms with E-state index >= 15 is 0 Å². The van der Waals surface area contributed by atoms with Crippen LogP contribution in [-0.4, -0.2) is 36.2 Å². The van der Waals surface area contributed by atoms with Crippen molar-refractivity contribution in [3.63, 3.8) is 0 Å². The summed E-state index contributed by atoms with van der Waals surface area (Å²) >= 11 is 0. The van der Waals surface area contributed by atoms with E-state index in [1.807, 2.05) is 18.2 Å². The Balaban J connectivity index is 1.83. The lowest BCUT2D eigenvalue weighted by molar-refractivity contribution is -0.129. The first-order chi connectivity index (χ1) is 8.66. The molecule has 1 amide bonds. The molecule has 1 atom stereocenters. The predicted octanol–water partition coefficient (Wildman–Crippen LogP) is 1.15. The number of aliphatic hydroxyl groups is 1. The molecule has 2 N–H and O–H groups in total. The maximum Gasteiger partial charge on any atom is 0.248 e. The zero-order valence-electron chi connectivity index (χ0n) is 10.7. The molecule has 1 aliphatic rings. The second-order valence-corrected chi connectivity index (χ2v) is 4.78. The number of rotatable bonds is 3. The topological polar surface area (TPSA) is 52.6 Å². The third kappa shape index (κ3) is 3.23. The molecule has 1 aromatic carbocycles. The summed E-state index contributed by atoms with van der Waals surface area (Å²) in [6, 6.07) is 10.5. The molecular formula is C14H20N2O2. The summed E-state index contributed by atoms with van der Waals surface area (Å²) in [6.07, 6.45) is 0.929. The summed E-state index contributed by atoms with van der Waals surface area (Å²) in [5.74, 6) is -0.270. The summed E-state index contributed by atoms with van der Waals surface area (Å²) < 4.78 is 0. The van der Waals surface area contributed by atoms with Gasteiger partial charge in [-0.1, -0.05) is 18.2 Å². The van der Waals surface area contributed by atoms with E-state index < -0.39 is 6.10 Å². The number of benzene rings is 1. The average Bonchev–Trinajstić information content (AvgIpc) is 2.40. The number of aliphatic hydroxyl groups excluding tert-OH is 1. The van der Waals surface area contributed by atoms with E-state index in [1.165, 1.54) is 12.6 Å². The Bertz CT molecular complexity index is 384. The quantitative estimate of drug-likeness (QED) is 0.844. The largest absolute Gasteiger partial charge is 0.384 e. The van der Waals surface area contributed by atoms with Crippen LogP contribution in [0.15, 0.2) is 30.3 Å². The molecule has 1 heterocycles. The Morgan fingerprint density at radius 3 is 2.50 bits per heavy atom. The zero-order valence-corrected chi connectivity index (χ0v) is 10.7. The van der Waals surface area contributed by atoms with Gasteiger partial charge in [0.2, 0.25) is 5.91 Å². The maximum absolute atomic E-state index is 11.4. The summed E-state index contributed by atoms with van der Waals surface area (Å²) in [5.41, 5.74) is 1.23. The molecule has 0 bridgehead atoms. The van der Waals surface area contributed by atoms with Gasteiger partial charge in [0.15, 0.2) is 0 Å². The van der Waals surface area contributed by atoms with Crippen molar-refractivity contribution < 1.29 is 9.90 Å². The van der Waals surface area contributed by atoms with Gasteiger partial charge >= 0.3 is 0 Å².